The number of nitrogens with one attached hydrogen (secondary N) is 1. The molecule has 1 amide bonds. The van der Waals surface area contributed by atoms with Gasteiger partial charge in [0.05, 0.1) is 18.7 Å². The Kier molecular flexibility index (Phi) is 6.04. The van der Waals surface area contributed by atoms with Crippen LogP contribution in [0.3, 0.4) is 0 Å². The summed E-state index contributed by atoms with van der Waals surface area (Å²) in [6, 6.07) is 5.09. The Hall–Kier alpha value is -1.56. The number of methoxy groups -OCH3 is 2. The third-order valence-electron chi connectivity index (χ3n) is 4.30. The molecular weight excluding hydrogens is 362 g/mol. The summed E-state index contributed by atoms with van der Waals surface area (Å²) >= 11 is 3.37. The first-order chi connectivity index (χ1) is 11.0. The first-order valence-corrected chi connectivity index (χ1v) is 8.56. The van der Waals surface area contributed by atoms with Crippen molar-refractivity contribution in [1.29, 1.82) is 0 Å². The quantitative estimate of drug-likeness (QED) is 0.638. The molecule has 2 rings (SSSR count). The van der Waals surface area contributed by atoms with Gasteiger partial charge in [-0.3, -0.25) is 4.79 Å². The van der Waals surface area contributed by atoms with Crippen LogP contribution in [0.1, 0.15) is 48.9 Å². The van der Waals surface area contributed by atoms with Gasteiger partial charge in [0.2, 0.25) is 0 Å². The molecule has 1 fully saturated rings. The number of hydrogen-bond acceptors (Lipinski definition) is 4. The minimum Gasteiger partial charge on any atom is -0.496 e. The number of halogens is 1. The lowest BCUT2D eigenvalue weighted by atomic mass is 9.89. The van der Waals surface area contributed by atoms with Gasteiger partial charge < -0.3 is 14.8 Å². The number of ether oxygens (including phenoxy) is 2. The number of esters is 1. The van der Waals surface area contributed by atoms with Crippen molar-refractivity contribution in [2.24, 2.45) is 0 Å². The molecule has 0 radical (unpaired) electrons. The summed E-state index contributed by atoms with van der Waals surface area (Å²) in [7, 11) is 2.93. The third kappa shape index (κ3) is 4.05. The predicted octanol–water partition coefficient (Wildman–Crippen LogP) is 3.45. The Morgan fingerprint density at radius 3 is 2.30 bits per heavy atom. The van der Waals surface area contributed by atoms with Crippen molar-refractivity contribution in [3.63, 3.8) is 0 Å². The van der Waals surface area contributed by atoms with E-state index in [0.29, 0.717) is 28.6 Å². The van der Waals surface area contributed by atoms with Crippen LogP contribution in [0.4, 0.5) is 0 Å². The van der Waals surface area contributed by atoms with Gasteiger partial charge in [-0.2, -0.15) is 0 Å². The largest absolute Gasteiger partial charge is 0.496 e. The molecule has 1 N–H and O–H groups in total. The number of benzene rings is 1. The topological polar surface area (TPSA) is 64.6 Å². The monoisotopic (exact) mass is 383 g/mol. The molecule has 0 heterocycles. The molecule has 1 saturated carbocycles. The molecule has 0 aliphatic heterocycles. The fraction of sp³-hybridized carbons (Fsp3) is 0.529. The van der Waals surface area contributed by atoms with Crippen LogP contribution in [0.5, 0.6) is 5.75 Å². The number of rotatable bonds is 4. The number of hydrogen-bond donors (Lipinski definition) is 1. The Bertz CT molecular complexity index is 580. The molecule has 0 saturated heterocycles. The zero-order valence-corrected chi connectivity index (χ0v) is 15.1. The number of carbonyl (C=O) groups excluding carboxylic acids is 2. The van der Waals surface area contributed by atoms with E-state index in [9.17, 15) is 9.59 Å². The van der Waals surface area contributed by atoms with Crippen LogP contribution in [0.15, 0.2) is 22.7 Å². The van der Waals surface area contributed by atoms with Crippen molar-refractivity contribution >= 4 is 27.8 Å². The maximum absolute atomic E-state index is 12.6. The van der Waals surface area contributed by atoms with Crippen LogP contribution in [0, 0.1) is 0 Å². The highest BCUT2D eigenvalue weighted by molar-refractivity contribution is 9.10. The van der Waals surface area contributed by atoms with Crippen molar-refractivity contribution in [3.8, 4) is 5.75 Å². The van der Waals surface area contributed by atoms with Crippen LogP contribution in [-0.2, 0) is 9.53 Å². The second-order valence-corrected chi connectivity index (χ2v) is 6.65. The second-order valence-electron chi connectivity index (χ2n) is 5.79. The average molecular weight is 384 g/mol. The van der Waals surface area contributed by atoms with E-state index in [-0.39, 0.29) is 11.9 Å². The molecule has 0 atom stereocenters. The molecule has 0 unspecified atom stereocenters. The van der Waals surface area contributed by atoms with Gasteiger partial charge in [0.25, 0.3) is 5.91 Å². The molecule has 5 nitrogen and oxygen atoms in total. The zero-order valence-electron chi connectivity index (χ0n) is 13.5. The van der Waals surface area contributed by atoms with Crippen molar-refractivity contribution in [3.05, 3.63) is 28.2 Å². The molecule has 0 aromatic heterocycles. The van der Waals surface area contributed by atoms with Gasteiger partial charge >= 0.3 is 5.97 Å². The van der Waals surface area contributed by atoms with Gasteiger partial charge in [0.1, 0.15) is 11.3 Å². The Morgan fingerprint density at radius 2 is 1.78 bits per heavy atom. The van der Waals surface area contributed by atoms with Gasteiger partial charge in [-0.1, -0.05) is 25.7 Å². The summed E-state index contributed by atoms with van der Waals surface area (Å²) in [4.78, 5) is 24.9. The van der Waals surface area contributed by atoms with Gasteiger partial charge in [0, 0.05) is 5.56 Å². The molecule has 0 spiro atoms. The minimum atomic E-state index is -0.922. The molecule has 126 valence electrons. The van der Waals surface area contributed by atoms with E-state index in [1.54, 1.807) is 25.3 Å². The van der Waals surface area contributed by atoms with Crippen LogP contribution >= 0.6 is 15.9 Å². The van der Waals surface area contributed by atoms with Gasteiger partial charge in [-0.15, -0.1) is 0 Å². The van der Waals surface area contributed by atoms with E-state index < -0.39 is 5.54 Å². The second kappa shape index (κ2) is 7.81. The average Bonchev–Trinajstić information content (AvgIpc) is 2.80. The van der Waals surface area contributed by atoms with Gasteiger partial charge in [-0.25, -0.2) is 4.79 Å². The Labute approximate surface area is 144 Å². The molecular formula is C17H22BrNO4. The maximum atomic E-state index is 12.6. The molecule has 1 aliphatic carbocycles. The van der Waals surface area contributed by atoms with Crippen LogP contribution < -0.4 is 10.1 Å². The molecule has 1 aliphatic rings. The standard InChI is InChI=1S/C17H22BrNO4/c1-22-14-8-7-12(11-13(14)18)15(20)19-17(16(21)23-2)9-5-3-4-6-10-17/h7-8,11H,3-6,9-10H2,1-2H3,(H,19,20). The van der Waals surface area contributed by atoms with E-state index in [4.69, 9.17) is 9.47 Å². The third-order valence-corrected chi connectivity index (χ3v) is 4.92. The molecule has 1 aromatic rings. The van der Waals surface area contributed by atoms with Crippen LogP contribution in [0.2, 0.25) is 0 Å². The summed E-state index contributed by atoms with van der Waals surface area (Å²) in [5.74, 6) is 0.0136. The van der Waals surface area contributed by atoms with Crippen LogP contribution in [-0.4, -0.2) is 31.6 Å². The number of carbonyl (C=O) groups is 2. The maximum Gasteiger partial charge on any atom is 0.331 e. The van der Waals surface area contributed by atoms with E-state index in [1.165, 1.54) is 7.11 Å². The highest BCUT2D eigenvalue weighted by atomic mass is 79.9. The van der Waals surface area contributed by atoms with E-state index in [2.05, 4.69) is 21.2 Å². The summed E-state index contributed by atoms with van der Waals surface area (Å²) in [5.41, 5.74) is -0.445. The lowest BCUT2D eigenvalue weighted by molar-refractivity contribution is -0.148. The highest BCUT2D eigenvalue weighted by Gasteiger charge is 2.41. The van der Waals surface area contributed by atoms with Crippen molar-refractivity contribution in [2.75, 3.05) is 14.2 Å². The summed E-state index contributed by atoms with van der Waals surface area (Å²) < 4.78 is 10.8. The Morgan fingerprint density at radius 1 is 1.13 bits per heavy atom. The predicted molar refractivity (Wildman–Crippen MR) is 90.6 cm³/mol. The summed E-state index contributed by atoms with van der Waals surface area (Å²) in [6.07, 6.45) is 5.18. The number of amides is 1. The van der Waals surface area contributed by atoms with E-state index in [1.807, 2.05) is 0 Å². The SMILES string of the molecule is COC(=O)C1(NC(=O)c2ccc(OC)c(Br)c2)CCCCCC1. The fourth-order valence-electron chi connectivity index (χ4n) is 3.00. The lowest BCUT2D eigenvalue weighted by Gasteiger charge is -2.31. The normalized spacial score (nSPS) is 17.0. The lowest BCUT2D eigenvalue weighted by Crippen LogP contribution is -2.54. The first kappa shape index (κ1) is 17.8. The van der Waals surface area contributed by atoms with Gasteiger partial charge in [0.15, 0.2) is 0 Å². The summed E-state index contributed by atoms with van der Waals surface area (Å²) in [6.45, 7) is 0. The summed E-state index contributed by atoms with van der Waals surface area (Å²) in [5, 5.41) is 2.93. The van der Waals surface area contributed by atoms with Gasteiger partial charge in [-0.05, 0) is 47.0 Å². The molecule has 0 bridgehead atoms. The molecule has 1 aromatic carbocycles. The zero-order chi connectivity index (χ0) is 16.9. The van der Waals surface area contributed by atoms with Crippen molar-refractivity contribution in [1.82, 2.24) is 5.32 Å². The fourth-order valence-corrected chi connectivity index (χ4v) is 3.55. The molecule has 23 heavy (non-hydrogen) atoms. The van der Waals surface area contributed by atoms with E-state index in [0.717, 1.165) is 25.7 Å². The van der Waals surface area contributed by atoms with Crippen molar-refractivity contribution in [2.45, 2.75) is 44.1 Å². The highest BCUT2D eigenvalue weighted by Crippen LogP contribution is 2.30. The van der Waals surface area contributed by atoms with Crippen LogP contribution in [0.25, 0.3) is 0 Å². The van der Waals surface area contributed by atoms with Crippen molar-refractivity contribution < 1.29 is 19.1 Å². The minimum absolute atomic E-state index is 0.277. The first-order valence-electron chi connectivity index (χ1n) is 7.77. The Balaban J connectivity index is 2.23. The smallest absolute Gasteiger partial charge is 0.331 e. The molecule has 6 heteroatoms. The van der Waals surface area contributed by atoms with E-state index >= 15 is 0 Å².